The van der Waals surface area contributed by atoms with Gasteiger partial charge in [0.1, 0.15) is 7.62 Å². The van der Waals surface area contributed by atoms with Crippen molar-refractivity contribution in [2.45, 2.75) is 26.2 Å². The predicted octanol–water partition coefficient (Wildman–Crippen LogP) is 2.00. The van der Waals surface area contributed by atoms with E-state index in [0.29, 0.717) is 0 Å². The van der Waals surface area contributed by atoms with Crippen LogP contribution >= 0.6 is 11.1 Å². The molecule has 0 fully saturated rings. The van der Waals surface area contributed by atoms with Crippen LogP contribution in [0.5, 0.6) is 0 Å². The zero-order valence-corrected chi connectivity index (χ0v) is 8.37. The number of halogens is 1. The van der Waals surface area contributed by atoms with Crippen molar-refractivity contribution in [3.63, 3.8) is 0 Å². The minimum Gasteiger partial charge on any atom is -0.175 e. The molecule has 0 rings (SSSR count). The summed E-state index contributed by atoms with van der Waals surface area (Å²) in [6.07, 6.45) is 0. The Morgan fingerprint density at radius 1 is 1.29 bits per heavy atom. The summed E-state index contributed by atoms with van der Waals surface area (Å²) in [6.45, 7) is 9.21. The van der Waals surface area contributed by atoms with Crippen LogP contribution in [0.3, 0.4) is 0 Å². The lowest BCUT2D eigenvalue weighted by atomic mass is 11.8. The lowest BCUT2D eigenvalue weighted by Gasteiger charge is -2.15. The Kier molecular flexibility index (Phi) is 2.57. The van der Waals surface area contributed by atoms with E-state index in [-0.39, 0.29) is 0 Å². The van der Waals surface area contributed by atoms with Gasteiger partial charge in [-0.15, -0.1) is 0 Å². The molecule has 3 heteroatoms. The van der Waals surface area contributed by atoms with E-state index >= 15 is 0 Å². The maximum Gasteiger partial charge on any atom is 0.128 e. The molecule has 0 aromatic carbocycles. The van der Waals surface area contributed by atoms with Gasteiger partial charge in [0.25, 0.3) is 0 Å². The van der Waals surface area contributed by atoms with Gasteiger partial charge in [-0.05, 0) is 0 Å². The summed E-state index contributed by atoms with van der Waals surface area (Å²) in [4.78, 5) is 0. The Labute approximate surface area is 53.0 Å². The van der Waals surface area contributed by atoms with Crippen molar-refractivity contribution in [1.29, 1.82) is 0 Å². The third-order valence-corrected chi connectivity index (χ3v) is 16.6. The van der Waals surface area contributed by atoms with E-state index in [1.165, 1.54) is 0 Å². The smallest absolute Gasteiger partial charge is 0.128 e. The SMILES string of the molecule is C[SiH](Cl)[Si](C)(C)C. The molecule has 0 amide bonds. The summed E-state index contributed by atoms with van der Waals surface area (Å²) in [7, 11) is -1.58. The predicted molar refractivity (Wildman–Crippen MR) is 42.2 cm³/mol. The first kappa shape index (κ1) is 7.72. The van der Waals surface area contributed by atoms with Crippen molar-refractivity contribution in [1.82, 2.24) is 0 Å². The van der Waals surface area contributed by atoms with Gasteiger partial charge in [0.05, 0.1) is 7.59 Å². The van der Waals surface area contributed by atoms with Gasteiger partial charge < -0.3 is 0 Å². The minimum atomic E-state index is -0.830. The van der Waals surface area contributed by atoms with Crippen molar-refractivity contribution in [2.75, 3.05) is 0 Å². The van der Waals surface area contributed by atoms with Crippen molar-refractivity contribution < 1.29 is 0 Å². The topological polar surface area (TPSA) is 0 Å². The van der Waals surface area contributed by atoms with E-state index in [4.69, 9.17) is 11.1 Å². The molecule has 0 aromatic rings. The molecule has 44 valence electrons. The van der Waals surface area contributed by atoms with Gasteiger partial charge in [0, 0.05) is 0 Å². The van der Waals surface area contributed by atoms with Gasteiger partial charge in [-0.3, -0.25) is 0 Å². The van der Waals surface area contributed by atoms with Gasteiger partial charge in [0.15, 0.2) is 0 Å². The van der Waals surface area contributed by atoms with E-state index in [9.17, 15) is 0 Å². The minimum absolute atomic E-state index is 0.748. The normalized spacial score (nSPS) is 16.7. The van der Waals surface area contributed by atoms with Crippen LogP contribution in [0, 0.1) is 0 Å². The number of hydrogen-bond donors (Lipinski definition) is 0. The van der Waals surface area contributed by atoms with Crippen LogP contribution in [0.15, 0.2) is 0 Å². The lowest BCUT2D eigenvalue weighted by molar-refractivity contribution is 1.84. The molecule has 1 atom stereocenters. The molecule has 0 heterocycles. The molecule has 1 unspecified atom stereocenters. The summed E-state index contributed by atoms with van der Waals surface area (Å²) >= 11 is 5.95. The van der Waals surface area contributed by atoms with Crippen LogP contribution in [0.2, 0.25) is 26.2 Å². The van der Waals surface area contributed by atoms with E-state index in [1.54, 1.807) is 0 Å². The van der Waals surface area contributed by atoms with Crippen LogP contribution < -0.4 is 0 Å². The summed E-state index contributed by atoms with van der Waals surface area (Å²) in [6, 6.07) is 0. The highest BCUT2D eigenvalue weighted by Crippen LogP contribution is 2.08. The molecule has 0 aliphatic carbocycles. The van der Waals surface area contributed by atoms with E-state index in [2.05, 4.69) is 26.2 Å². The van der Waals surface area contributed by atoms with E-state index in [0.717, 1.165) is 0 Å². The first-order valence-corrected chi connectivity index (χ1v) is 10.8. The highest BCUT2D eigenvalue weighted by molar-refractivity contribution is 7.48. The van der Waals surface area contributed by atoms with Gasteiger partial charge in [-0.1, -0.05) is 26.2 Å². The molecule has 0 bridgehead atoms. The third-order valence-electron chi connectivity index (χ3n) is 1.19. The molecule has 0 saturated carbocycles. The lowest BCUT2D eigenvalue weighted by Crippen LogP contribution is -2.35. The molecule has 0 aliphatic rings. The second-order valence-electron chi connectivity index (χ2n) is 2.98. The summed E-state index contributed by atoms with van der Waals surface area (Å²) in [5.74, 6) is 0. The van der Waals surface area contributed by atoms with Crippen LogP contribution in [0.4, 0.5) is 0 Å². The first-order chi connectivity index (χ1) is 2.94. The molecular weight excluding hydrogens is 140 g/mol. The largest absolute Gasteiger partial charge is 0.175 e. The van der Waals surface area contributed by atoms with Crippen LogP contribution in [0.25, 0.3) is 0 Å². The Morgan fingerprint density at radius 3 is 1.43 bits per heavy atom. The quantitative estimate of drug-likeness (QED) is 0.399. The average molecular weight is 153 g/mol. The molecule has 0 nitrogen and oxygen atoms in total. The second-order valence-corrected chi connectivity index (χ2v) is 19.8. The average Bonchev–Trinajstić information content (AvgIpc) is 1.31. The summed E-state index contributed by atoms with van der Waals surface area (Å²) in [5, 5.41) is 0. The Hall–Kier alpha value is 0.724. The highest BCUT2D eigenvalue weighted by atomic mass is 35.6. The molecular formula is C4H13ClSi2. The van der Waals surface area contributed by atoms with Crippen molar-refractivity contribution in [2.24, 2.45) is 0 Å². The Bertz CT molecular complexity index is 55.2. The van der Waals surface area contributed by atoms with E-state index in [1.807, 2.05) is 0 Å². The number of hydrogen-bond acceptors (Lipinski definition) is 0. The standard InChI is InChI=1S/C4H13ClSi2/c1-6(5)7(2,3)4/h6H,1-4H3. The van der Waals surface area contributed by atoms with Gasteiger partial charge in [0.2, 0.25) is 0 Å². The van der Waals surface area contributed by atoms with Gasteiger partial charge in [-0.25, -0.2) is 0 Å². The second kappa shape index (κ2) is 2.33. The molecule has 0 saturated heterocycles. The van der Waals surface area contributed by atoms with Gasteiger partial charge >= 0.3 is 0 Å². The zero-order valence-electron chi connectivity index (χ0n) is 5.46. The van der Waals surface area contributed by atoms with Crippen molar-refractivity contribution >= 4 is 26.3 Å². The third kappa shape index (κ3) is 3.32. The Morgan fingerprint density at radius 2 is 1.43 bits per heavy atom. The van der Waals surface area contributed by atoms with Crippen molar-refractivity contribution in [3.05, 3.63) is 0 Å². The maximum atomic E-state index is 5.95. The first-order valence-electron chi connectivity index (χ1n) is 2.58. The Balaban J connectivity index is 3.54. The van der Waals surface area contributed by atoms with Gasteiger partial charge in [-0.2, -0.15) is 11.1 Å². The summed E-state index contributed by atoms with van der Waals surface area (Å²) < 4.78 is 0. The maximum absolute atomic E-state index is 5.95. The molecule has 0 aliphatic heterocycles. The fraction of sp³-hybridized carbons (Fsp3) is 1.00. The van der Waals surface area contributed by atoms with E-state index < -0.39 is 15.2 Å². The molecule has 0 N–H and O–H groups in total. The van der Waals surface area contributed by atoms with Crippen LogP contribution in [-0.2, 0) is 0 Å². The van der Waals surface area contributed by atoms with Crippen LogP contribution in [-0.4, -0.2) is 15.2 Å². The monoisotopic (exact) mass is 152 g/mol. The fourth-order valence-corrected chi connectivity index (χ4v) is 0. The zero-order chi connectivity index (χ0) is 6.08. The van der Waals surface area contributed by atoms with Crippen LogP contribution in [0.1, 0.15) is 0 Å². The molecule has 0 aromatic heterocycles. The molecule has 7 heavy (non-hydrogen) atoms. The fourth-order valence-electron chi connectivity index (χ4n) is 0. The molecule has 0 radical (unpaired) electrons. The summed E-state index contributed by atoms with van der Waals surface area (Å²) in [5.41, 5.74) is 0. The highest BCUT2D eigenvalue weighted by Gasteiger charge is 2.20. The van der Waals surface area contributed by atoms with Crippen molar-refractivity contribution in [3.8, 4) is 0 Å². The molecule has 0 spiro atoms. The number of rotatable bonds is 1.